The predicted octanol–water partition coefficient (Wildman–Crippen LogP) is 4.02. The van der Waals surface area contributed by atoms with Crippen molar-refractivity contribution in [1.29, 1.82) is 0 Å². The van der Waals surface area contributed by atoms with E-state index in [0.29, 0.717) is 37.5 Å². The third-order valence-corrected chi connectivity index (χ3v) is 6.09. The van der Waals surface area contributed by atoms with Crippen LogP contribution in [-0.4, -0.2) is 39.6 Å². The SMILES string of the molecule is O=C(Nc1ccnn1C1CCCCC1)C1CCN(C(=O)c2ccc(F)cc2)CC1. The van der Waals surface area contributed by atoms with Gasteiger partial charge in [-0.1, -0.05) is 19.3 Å². The maximum Gasteiger partial charge on any atom is 0.253 e. The Labute approximate surface area is 170 Å². The highest BCUT2D eigenvalue weighted by molar-refractivity contribution is 5.95. The van der Waals surface area contributed by atoms with Crippen LogP contribution in [0, 0.1) is 11.7 Å². The van der Waals surface area contributed by atoms with Crippen LogP contribution >= 0.6 is 0 Å². The highest BCUT2D eigenvalue weighted by Gasteiger charge is 2.29. The number of rotatable bonds is 4. The van der Waals surface area contributed by atoms with E-state index in [-0.39, 0.29) is 23.5 Å². The van der Waals surface area contributed by atoms with E-state index in [4.69, 9.17) is 0 Å². The second-order valence-electron chi connectivity index (χ2n) is 8.02. The molecule has 2 heterocycles. The highest BCUT2D eigenvalue weighted by atomic mass is 19.1. The van der Waals surface area contributed by atoms with E-state index in [1.165, 1.54) is 43.5 Å². The Morgan fingerprint density at radius 3 is 2.34 bits per heavy atom. The van der Waals surface area contributed by atoms with Gasteiger partial charge in [0.05, 0.1) is 12.2 Å². The first-order valence-electron chi connectivity index (χ1n) is 10.5. The van der Waals surface area contributed by atoms with Crippen molar-refractivity contribution in [2.45, 2.75) is 51.0 Å². The number of hydrogen-bond acceptors (Lipinski definition) is 3. The summed E-state index contributed by atoms with van der Waals surface area (Å²) >= 11 is 0. The average Bonchev–Trinajstić information content (AvgIpc) is 3.22. The quantitative estimate of drug-likeness (QED) is 0.846. The van der Waals surface area contributed by atoms with Crippen LogP contribution in [0.2, 0.25) is 0 Å². The summed E-state index contributed by atoms with van der Waals surface area (Å²) in [4.78, 5) is 27.1. The van der Waals surface area contributed by atoms with Gasteiger partial charge in [-0.15, -0.1) is 0 Å². The maximum atomic E-state index is 13.1. The van der Waals surface area contributed by atoms with Crippen molar-refractivity contribution in [3.8, 4) is 0 Å². The highest BCUT2D eigenvalue weighted by Crippen LogP contribution is 2.30. The van der Waals surface area contributed by atoms with Crippen molar-refractivity contribution < 1.29 is 14.0 Å². The number of anilines is 1. The monoisotopic (exact) mass is 398 g/mol. The van der Waals surface area contributed by atoms with Gasteiger partial charge in [-0.05, 0) is 49.9 Å². The van der Waals surface area contributed by atoms with Crippen molar-refractivity contribution in [3.63, 3.8) is 0 Å². The van der Waals surface area contributed by atoms with E-state index in [0.717, 1.165) is 18.7 Å². The molecule has 6 nitrogen and oxygen atoms in total. The van der Waals surface area contributed by atoms with Crippen molar-refractivity contribution in [2.75, 3.05) is 18.4 Å². The van der Waals surface area contributed by atoms with Crippen molar-refractivity contribution in [3.05, 3.63) is 47.9 Å². The third-order valence-electron chi connectivity index (χ3n) is 6.09. The number of amides is 2. The zero-order valence-corrected chi connectivity index (χ0v) is 16.5. The zero-order chi connectivity index (χ0) is 20.2. The molecule has 1 aliphatic heterocycles. The molecular formula is C22H27FN4O2. The van der Waals surface area contributed by atoms with Gasteiger partial charge >= 0.3 is 0 Å². The third kappa shape index (κ3) is 4.49. The lowest BCUT2D eigenvalue weighted by Gasteiger charge is -2.31. The minimum atomic E-state index is -0.357. The molecule has 2 aromatic rings. The van der Waals surface area contributed by atoms with Gasteiger partial charge in [0.2, 0.25) is 5.91 Å². The number of likely N-dealkylation sites (tertiary alicyclic amines) is 1. The summed E-state index contributed by atoms with van der Waals surface area (Å²) in [6.07, 6.45) is 8.88. The molecule has 1 saturated heterocycles. The summed E-state index contributed by atoms with van der Waals surface area (Å²) in [7, 11) is 0. The molecule has 29 heavy (non-hydrogen) atoms. The number of nitrogens with one attached hydrogen (secondary N) is 1. The number of nitrogens with zero attached hydrogens (tertiary/aromatic N) is 3. The summed E-state index contributed by atoms with van der Waals surface area (Å²) in [5, 5.41) is 7.49. The molecule has 0 spiro atoms. The smallest absolute Gasteiger partial charge is 0.253 e. The van der Waals surface area contributed by atoms with Crippen LogP contribution in [0.4, 0.5) is 10.2 Å². The van der Waals surface area contributed by atoms with Gasteiger partial charge < -0.3 is 10.2 Å². The van der Waals surface area contributed by atoms with Crippen LogP contribution in [-0.2, 0) is 4.79 Å². The molecule has 2 fully saturated rings. The molecule has 1 saturated carbocycles. The summed E-state index contributed by atoms with van der Waals surface area (Å²) in [5.41, 5.74) is 0.477. The van der Waals surface area contributed by atoms with Gasteiger partial charge in [0.25, 0.3) is 5.91 Å². The van der Waals surface area contributed by atoms with E-state index in [9.17, 15) is 14.0 Å². The minimum Gasteiger partial charge on any atom is -0.339 e. The Hall–Kier alpha value is -2.70. The fourth-order valence-corrected chi connectivity index (χ4v) is 4.38. The number of carbonyl (C=O) groups is 2. The summed E-state index contributed by atoms with van der Waals surface area (Å²) < 4.78 is 15.0. The van der Waals surface area contributed by atoms with Crippen molar-refractivity contribution >= 4 is 17.6 Å². The number of halogens is 1. The second-order valence-corrected chi connectivity index (χ2v) is 8.02. The fraction of sp³-hybridized carbons (Fsp3) is 0.500. The van der Waals surface area contributed by atoms with E-state index in [1.54, 1.807) is 11.1 Å². The molecule has 0 bridgehead atoms. The van der Waals surface area contributed by atoms with Crippen LogP contribution in [0.3, 0.4) is 0 Å². The Morgan fingerprint density at radius 1 is 0.966 bits per heavy atom. The number of benzene rings is 1. The average molecular weight is 398 g/mol. The van der Waals surface area contributed by atoms with Crippen LogP contribution in [0.15, 0.2) is 36.5 Å². The van der Waals surface area contributed by atoms with E-state index >= 15 is 0 Å². The molecule has 0 unspecified atom stereocenters. The Kier molecular flexibility index (Phi) is 5.92. The molecule has 0 radical (unpaired) electrons. The summed E-state index contributed by atoms with van der Waals surface area (Å²) in [5.74, 6) is 0.175. The van der Waals surface area contributed by atoms with E-state index < -0.39 is 0 Å². The van der Waals surface area contributed by atoms with Gasteiger partial charge in [-0.3, -0.25) is 9.59 Å². The van der Waals surface area contributed by atoms with E-state index in [1.807, 2.05) is 10.7 Å². The molecule has 2 amide bonds. The number of carbonyl (C=O) groups excluding carboxylic acids is 2. The Morgan fingerprint density at radius 2 is 1.66 bits per heavy atom. The number of piperidine rings is 1. The van der Waals surface area contributed by atoms with Crippen LogP contribution in [0.5, 0.6) is 0 Å². The second kappa shape index (κ2) is 8.76. The molecule has 1 aromatic carbocycles. The lowest BCUT2D eigenvalue weighted by atomic mass is 9.95. The summed E-state index contributed by atoms with van der Waals surface area (Å²) in [6, 6.07) is 7.82. The Balaban J connectivity index is 1.32. The van der Waals surface area contributed by atoms with Crippen molar-refractivity contribution in [2.24, 2.45) is 5.92 Å². The lowest BCUT2D eigenvalue weighted by molar-refractivity contribution is -0.121. The van der Waals surface area contributed by atoms with E-state index in [2.05, 4.69) is 10.4 Å². The zero-order valence-electron chi connectivity index (χ0n) is 16.5. The van der Waals surface area contributed by atoms with Gasteiger partial charge in [-0.25, -0.2) is 9.07 Å². The fourth-order valence-electron chi connectivity index (χ4n) is 4.38. The first-order chi connectivity index (χ1) is 14.1. The Bertz CT molecular complexity index is 850. The largest absolute Gasteiger partial charge is 0.339 e. The topological polar surface area (TPSA) is 67.2 Å². The van der Waals surface area contributed by atoms with Crippen LogP contribution in [0.1, 0.15) is 61.3 Å². The predicted molar refractivity (Wildman–Crippen MR) is 108 cm³/mol. The first kappa shape index (κ1) is 19.6. The molecule has 154 valence electrons. The maximum absolute atomic E-state index is 13.1. The first-order valence-corrected chi connectivity index (χ1v) is 10.5. The lowest BCUT2D eigenvalue weighted by Crippen LogP contribution is -2.41. The standard InChI is InChI=1S/C22H27FN4O2/c23-18-8-6-17(7-9-18)22(29)26-14-11-16(12-15-26)21(28)25-20-10-13-24-27(20)19-4-2-1-3-5-19/h6-10,13,16,19H,1-5,11-12,14-15H2,(H,25,28). The van der Waals surface area contributed by atoms with Gasteiger partial charge in [0.15, 0.2) is 0 Å². The molecule has 1 aliphatic carbocycles. The molecule has 4 rings (SSSR count). The molecule has 1 N–H and O–H groups in total. The molecule has 2 aliphatic rings. The van der Waals surface area contributed by atoms with Crippen LogP contribution in [0.25, 0.3) is 0 Å². The minimum absolute atomic E-state index is 0.00330. The normalized spacial score (nSPS) is 18.6. The van der Waals surface area contributed by atoms with Gasteiger partial charge in [0.1, 0.15) is 11.6 Å². The van der Waals surface area contributed by atoms with Crippen LogP contribution < -0.4 is 5.32 Å². The number of hydrogen-bond donors (Lipinski definition) is 1. The molecule has 1 aromatic heterocycles. The van der Waals surface area contributed by atoms with Gasteiger partial charge in [-0.2, -0.15) is 5.10 Å². The van der Waals surface area contributed by atoms with Gasteiger partial charge in [0, 0.05) is 30.6 Å². The molecule has 7 heteroatoms. The molecular weight excluding hydrogens is 371 g/mol. The molecule has 0 atom stereocenters. The van der Waals surface area contributed by atoms with Crippen molar-refractivity contribution in [1.82, 2.24) is 14.7 Å². The summed E-state index contributed by atoms with van der Waals surface area (Å²) in [6.45, 7) is 1.05. The number of aromatic nitrogens is 2.